The molecule has 0 radical (unpaired) electrons. The highest BCUT2D eigenvalue weighted by molar-refractivity contribution is 5.83. The minimum absolute atomic E-state index is 0.0128. The smallest absolute Gasteiger partial charge is 0.319 e. The minimum Gasteiger partial charge on any atom is -0.467 e. The summed E-state index contributed by atoms with van der Waals surface area (Å²) in [6.07, 6.45) is 3.40. The van der Waals surface area contributed by atoms with Gasteiger partial charge in [0.2, 0.25) is 5.91 Å². The van der Waals surface area contributed by atoms with Gasteiger partial charge in [0.1, 0.15) is 5.76 Å². The Bertz CT molecular complexity index is 540. The summed E-state index contributed by atoms with van der Waals surface area (Å²) in [5.41, 5.74) is 0.0128. The van der Waals surface area contributed by atoms with E-state index >= 15 is 0 Å². The van der Waals surface area contributed by atoms with Gasteiger partial charge >= 0.3 is 6.03 Å². The zero-order chi connectivity index (χ0) is 15.0. The Hall–Kier alpha value is -1.98. The third kappa shape index (κ3) is 2.62. The fraction of sp³-hybridized carbons (Fsp3) is 0.600. The molecule has 2 heterocycles. The number of nitrogens with zero attached hydrogens (tertiary/aromatic N) is 2. The molecule has 6 nitrogen and oxygen atoms in total. The first-order valence-corrected chi connectivity index (χ1v) is 7.28. The van der Waals surface area contributed by atoms with E-state index in [1.165, 1.54) is 0 Å². The maximum absolute atomic E-state index is 12.2. The molecule has 1 spiro atoms. The third-order valence-electron chi connectivity index (χ3n) is 4.56. The number of furan rings is 1. The second-order valence-corrected chi connectivity index (χ2v) is 6.26. The maximum atomic E-state index is 12.2. The molecule has 2 fully saturated rings. The molecule has 1 N–H and O–H groups in total. The van der Waals surface area contributed by atoms with Gasteiger partial charge in [0.05, 0.1) is 12.8 Å². The first-order chi connectivity index (χ1) is 10.0. The highest BCUT2D eigenvalue weighted by Crippen LogP contribution is 2.58. The van der Waals surface area contributed by atoms with Gasteiger partial charge in [0, 0.05) is 38.5 Å². The first-order valence-electron chi connectivity index (χ1n) is 7.28. The van der Waals surface area contributed by atoms with E-state index in [0.29, 0.717) is 13.1 Å². The van der Waals surface area contributed by atoms with Crippen molar-refractivity contribution < 1.29 is 14.0 Å². The summed E-state index contributed by atoms with van der Waals surface area (Å²) in [6, 6.07) is 3.69. The van der Waals surface area contributed by atoms with Gasteiger partial charge in [-0.25, -0.2) is 4.79 Å². The van der Waals surface area contributed by atoms with Gasteiger partial charge in [0.25, 0.3) is 0 Å². The monoisotopic (exact) mass is 291 g/mol. The van der Waals surface area contributed by atoms with Gasteiger partial charge in [0.15, 0.2) is 0 Å². The molecule has 1 aromatic rings. The summed E-state index contributed by atoms with van der Waals surface area (Å²) in [5, 5.41) is 2.92. The van der Waals surface area contributed by atoms with Crippen LogP contribution in [0.2, 0.25) is 0 Å². The van der Waals surface area contributed by atoms with Crippen LogP contribution < -0.4 is 5.32 Å². The molecule has 6 heteroatoms. The van der Waals surface area contributed by atoms with Crippen LogP contribution in [0.1, 0.15) is 18.6 Å². The molecule has 0 unspecified atom stereocenters. The number of nitrogens with one attached hydrogen (secondary N) is 1. The van der Waals surface area contributed by atoms with Crippen molar-refractivity contribution >= 4 is 11.9 Å². The quantitative estimate of drug-likeness (QED) is 0.912. The Morgan fingerprint density at radius 3 is 3.00 bits per heavy atom. The summed E-state index contributed by atoms with van der Waals surface area (Å²) in [6.45, 7) is 1.88. The highest BCUT2D eigenvalue weighted by atomic mass is 16.3. The van der Waals surface area contributed by atoms with Crippen LogP contribution in [0.25, 0.3) is 0 Å². The van der Waals surface area contributed by atoms with Crippen LogP contribution in [0.15, 0.2) is 22.8 Å². The van der Waals surface area contributed by atoms with Gasteiger partial charge in [-0.2, -0.15) is 0 Å². The number of likely N-dealkylation sites (tertiary alicyclic amines) is 1. The van der Waals surface area contributed by atoms with Crippen molar-refractivity contribution in [1.29, 1.82) is 0 Å². The zero-order valence-electron chi connectivity index (χ0n) is 12.5. The van der Waals surface area contributed by atoms with Crippen molar-refractivity contribution in [3.63, 3.8) is 0 Å². The molecular weight excluding hydrogens is 270 g/mol. The Morgan fingerprint density at radius 2 is 2.33 bits per heavy atom. The van der Waals surface area contributed by atoms with E-state index in [9.17, 15) is 9.59 Å². The van der Waals surface area contributed by atoms with Crippen LogP contribution in [0.3, 0.4) is 0 Å². The standard InChI is InChI=1S/C15H21N3O3/c1-17(2)14(20)18-6-5-15(10-18)8-12(15)13(19)16-9-11-4-3-7-21-11/h3-4,7,12H,5-6,8-10H2,1-2H3,(H,16,19)/t12-,15+/m1/s1. The predicted molar refractivity (Wildman–Crippen MR) is 76.4 cm³/mol. The van der Waals surface area contributed by atoms with E-state index in [2.05, 4.69) is 5.32 Å². The minimum atomic E-state index is 0.0128. The number of rotatable bonds is 3. The Labute approximate surface area is 124 Å². The molecule has 1 aliphatic carbocycles. The lowest BCUT2D eigenvalue weighted by Gasteiger charge is -2.21. The van der Waals surface area contributed by atoms with Crippen LogP contribution in [-0.4, -0.2) is 48.9 Å². The van der Waals surface area contributed by atoms with Crippen molar-refractivity contribution in [2.24, 2.45) is 11.3 Å². The molecule has 2 atom stereocenters. The largest absolute Gasteiger partial charge is 0.467 e. The van der Waals surface area contributed by atoms with E-state index < -0.39 is 0 Å². The van der Waals surface area contributed by atoms with Crippen molar-refractivity contribution in [1.82, 2.24) is 15.1 Å². The maximum Gasteiger partial charge on any atom is 0.319 e. The molecular formula is C15H21N3O3. The average molecular weight is 291 g/mol. The van der Waals surface area contributed by atoms with Crippen molar-refractivity contribution in [2.75, 3.05) is 27.2 Å². The molecule has 1 aromatic heterocycles. The first kappa shape index (κ1) is 14.0. The van der Waals surface area contributed by atoms with Crippen LogP contribution in [0, 0.1) is 11.3 Å². The summed E-state index contributed by atoms with van der Waals surface area (Å²) >= 11 is 0. The number of hydrogen-bond acceptors (Lipinski definition) is 3. The summed E-state index contributed by atoms with van der Waals surface area (Å²) < 4.78 is 5.20. The Balaban J connectivity index is 1.51. The number of carbonyl (C=O) groups excluding carboxylic acids is 2. The molecule has 1 aliphatic heterocycles. The van der Waals surface area contributed by atoms with E-state index in [1.807, 2.05) is 17.0 Å². The molecule has 114 valence electrons. The number of amides is 3. The molecule has 2 aliphatic rings. The third-order valence-corrected chi connectivity index (χ3v) is 4.56. The second kappa shape index (κ2) is 5.09. The molecule has 3 rings (SSSR count). The lowest BCUT2D eigenvalue weighted by Crippen LogP contribution is -2.38. The lowest BCUT2D eigenvalue weighted by atomic mass is 10.0. The molecule has 1 saturated carbocycles. The molecule has 1 saturated heterocycles. The fourth-order valence-corrected chi connectivity index (χ4v) is 3.22. The molecule has 21 heavy (non-hydrogen) atoms. The van der Waals surface area contributed by atoms with Crippen molar-refractivity contribution in [2.45, 2.75) is 19.4 Å². The molecule has 3 amide bonds. The SMILES string of the molecule is CN(C)C(=O)N1CC[C@]2(C[C@@H]2C(=O)NCc2ccco2)C1. The lowest BCUT2D eigenvalue weighted by molar-refractivity contribution is -0.123. The van der Waals surface area contributed by atoms with E-state index in [0.717, 1.165) is 25.1 Å². The van der Waals surface area contributed by atoms with Crippen molar-refractivity contribution in [3.8, 4) is 0 Å². The van der Waals surface area contributed by atoms with E-state index in [1.54, 1.807) is 25.3 Å². The molecule has 0 aromatic carbocycles. The fourth-order valence-electron chi connectivity index (χ4n) is 3.22. The number of hydrogen-bond donors (Lipinski definition) is 1. The van der Waals surface area contributed by atoms with Gasteiger partial charge in [-0.05, 0) is 25.0 Å². The average Bonchev–Trinajstić information content (AvgIpc) is 2.83. The van der Waals surface area contributed by atoms with Crippen LogP contribution in [-0.2, 0) is 11.3 Å². The summed E-state index contributed by atoms with van der Waals surface area (Å²) in [5.74, 6) is 0.867. The van der Waals surface area contributed by atoms with E-state index in [-0.39, 0.29) is 23.3 Å². The zero-order valence-corrected chi connectivity index (χ0v) is 12.5. The van der Waals surface area contributed by atoms with E-state index in [4.69, 9.17) is 4.42 Å². The van der Waals surface area contributed by atoms with Gasteiger partial charge in [-0.15, -0.1) is 0 Å². The topological polar surface area (TPSA) is 65.8 Å². The van der Waals surface area contributed by atoms with Crippen molar-refractivity contribution in [3.05, 3.63) is 24.2 Å². The Kier molecular flexibility index (Phi) is 3.39. The van der Waals surface area contributed by atoms with Gasteiger partial charge in [-0.1, -0.05) is 0 Å². The van der Waals surface area contributed by atoms with Gasteiger partial charge < -0.3 is 19.5 Å². The Morgan fingerprint density at radius 1 is 1.52 bits per heavy atom. The normalized spacial score (nSPS) is 27.0. The van der Waals surface area contributed by atoms with Crippen LogP contribution >= 0.6 is 0 Å². The summed E-state index contributed by atoms with van der Waals surface area (Å²) in [4.78, 5) is 27.6. The summed E-state index contributed by atoms with van der Waals surface area (Å²) in [7, 11) is 3.52. The highest BCUT2D eigenvalue weighted by Gasteiger charge is 2.61. The number of carbonyl (C=O) groups is 2. The molecule has 0 bridgehead atoms. The predicted octanol–water partition coefficient (Wildman–Crippen LogP) is 1.29. The van der Waals surface area contributed by atoms with Crippen LogP contribution in [0.5, 0.6) is 0 Å². The van der Waals surface area contributed by atoms with Crippen LogP contribution in [0.4, 0.5) is 4.79 Å². The number of urea groups is 1. The second-order valence-electron chi connectivity index (χ2n) is 6.26. The van der Waals surface area contributed by atoms with Gasteiger partial charge in [-0.3, -0.25) is 4.79 Å².